The van der Waals surface area contributed by atoms with Crippen molar-refractivity contribution in [3.63, 3.8) is 0 Å². The van der Waals surface area contributed by atoms with Crippen LogP contribution in [0.4, 0.5) is 0 Å². The predicted octanol–water partition coefficient (Wildman–Crippen LogP) is 3.54. The Labute approximate surface area is 92.4 Å². The minimum atomic E-state index is -0.177. The van der Waals surface area contributed by atoms with Crippen LogP contribution in [-0.2, 0) is 10.2 Å². The van der Waals surface area contributed by atoms with Crippen molar-refractivity contribution in [1.82, 2.24) is 4.98 Å². The molecular weight excluding hydrogens is 190 g/mol. The Bertz CT molecular complexity index is 285. The SMILES string of the molecule is CC(C)(C)c1cccnc1C(C)(C)S. The fourth-order valence-electron chi connectivity index (χ4n) is 1.50. The largest absolute Gasteiger partial charge is 0.260 e. The summed E-state index contributed by atoms with van der Waals surface area (Å²) >= 11 is 4.58. The third-order valence-electron chi connectivity index (χ3n) is 2.20. The highest BCUT2D eigenvalue weighted by Crippen LogP contribution is 2.34. The van der Waals surface area contributed by atoms with Crippen molar-refractivity contribution in [1.29, 1.82) is 0 Å². The number of hydrogen-bond donors (Lipinski definition) is 1. The van der Waals surface area contributed by atoms with Crippen molar-refractivity contribution < 1.29 is 0 Å². The van der Waals surface area contributed by atoms with Gasteiger partial charge in [0.25, 0.3) is 0 Å². The molecule has 0 N–H and O–H groups in total. The van der Waals surface area contributed by atoms with E-state index in [1.807, 2.05) is 12.3 Å². The van der Waals surface area contributed by atoms with Crippen LogP contribution in [0.5, 0.6) is 0 Å². The van der Waals surface area contributed by atoms with Crippen LogP contribution < -0.4 is 0 Å². The van der Waals surface area contributed by atoms with Crippen LogP contribution in [0.15, 0.2) is 18.3 Å². The molecule has 0 saturated carbocycles. The lowest BCUT2D eigenvalue weighted by Crippen LogP contribution is -2.21. The molecule has 1 aromatic heterocycles. The molecule has 0 unspecified atom stereocenters. The zero-order valence-electron chi connectivity index (χ0n) is 9.63. The molecule has 78 valence electrons. The van der Waals surface area contributed by atoms with Gasteiger partial charge in [-0.1, -0.05) is 26.8 Å². The summed E-state index contributed by atoms with van der Waals surface area (Å²) in [6.07, 6.45) is 1.84. The third kappa shape index (κ3) is 2.50. The van der Waals surface area contributed by atoms with Crippen molar-refractivity contribution >= 4 is 12.6 Å². The van der Waals surface area contributed by atoms with Gasteiger partial charge in [0.05, 0.1) is 5.69 Å². The van der Waals surface area contributed by atoms with Crippen LogP contribution in [0.1, 0.15) is 45.9 Å². The first-order valence-electron chi connectivity index (χ1n) is 4.91. The van der Waals surface area contributed by atoms with E-state index < -0.39 is 0 Å². The van der Waals surface area contributed by atoms with E-state index in [-0.39, 0.29) is 10.2 Å². The van der Waals surface area contributed by atoms with Crippen LogP contribution in [0, 0.1) is 0 Å². The first-order chi connectivity index (χ1) is 6.23. The summed E-state index contributed by atoms with van der Waals surface area (Å²) in [6.45, 7) is 10.8. The summed E-state index contributed by atoms with van der Waals surface area (Å²) in [4.78, 5) is 4.44. The summed E-state index contributed by atoms with van der Waals surface area (Å²) in [7, 11) is 0. The van der Waals surface area contributed by atoms with E-state index in [9.17, 15) is 0 Å². The van der Waals surface area contributed by atoms with Gasteiger partial charge < -0.3 is 0 Å². The fraction of sp³-hybridized carbons (Fsp3) is 0.583. The summed E-state index contributed by atoms with van der Waals surface area (Å²) in [5.41, 5.74) is 2.49. The minimum absolute atomic E-state index is 0.129. The molecule has 0 bridgehead atoms. The van der Waals surface area contributed by atoms with E-state index in [2.05, 4.69) is 58.3 Å². The Morgan fingerprint density at radius 1 is 1.14 bits per heavy atom. The topological polar surface area (TPSA) is 12.9 Å². The average molecular weight is 209 g/mol. The molecule has 0 aliphatic carbocycles. The average Bonchev–Trinajstić information content (AvgIpc) is 2.01. The van der Waals surface area contributed by atoms with Gasteiger partial charge in [-0.3, -0.25) is 4.98 Å². The summed E-state index contributed by atoms with van der Waals surface area (Å²) in [6, 6.07) is 4.13. The molecule has 0 radical (unpaired) electrons. The molecule has 0 saturated heterocycles. The van der Waals surface area contributed by atoms with E-state index >= 15 is 0 Å². The van der Waals surface area contributed by atoms with Gasteiger partial charge >= 0.3 is 0 Å². The highest BCUT2D eigenvalue weighted by molar-refractivity contribution is 7.81. The summed E-state index contributed by atoms with van der Waals surface area (Å²) in [5, 5.41) is 0. The molecule has 14 heavy (non-hydrogen) atoms. The Kier molecular flexibility index (Phi) is 2.96. The number of hydrogen-bond acceptors (Lipinski definition) is 2. The van der Waals surface area contributed by atoms with Gasteiger partial charge in [-0.2, -0.15) is 12.6 Å². The van der Waals surface area contributed by atoms with E-state index in [0.29, 0.717) is 0 Å². The molecule has 1 aromatic rings. The Balaban J connectivity index is 3.31. The van der Waals surface area contributed by atoms with Gasteiger partial charge in [-0.25, -0.2) is 0 Å². The lowest BCUT2D eigenvalue weighted by molar-refractivity contribution is 0.564. The number of rotatable bonds is 1. The molecule has 1 nitrogen and oxygen atoms in total. The molecule has 1 rings (SSSR count). The van der Waals surface area contributed by atoms with Crippen LogP contribution in [0.3, 0.4) is 0 Å². The molecule has 0 amide bonds. The van der Waals surface area contributed by atoms with E-state index in [1.165, 1.54) is 5.56 Å². The normalized spacial score (nSPS) is 13.0. The minimum Gasteiger partial charge on any atom is -0.260 e. The Morgan fingerprint density at radius 2 is 1.71 bits per heavy atom. The third-order valence-corrected chi connectivity index (χ3v) is 2.41. The van der Waals surface area contributed by atoms with Crippen LogP contribution >= 0.6 is 12.6 Å². The molecule has 0 aliphatic rings. The van der Waals surface area contributed by atoms with Gasteiger partial charge in [-0.05, 0) is 30.9 Å². The van der Waals surface area contributed by atoms with E-state index in [0.717, 1.165) is 5.69 Å². The highest BCUT2D eigenvalue weighted by Gasteiger charge is 2.26. The van der Waals surface area contributed by atoms with Crippen molar-refractivity contribution in [2.75, 3.05) is 0 Å². The maximum absolute atomic E-state index is 4.58. The van der Waals surface area contributed by atoms with Gasteiger partial charge in [0.1, 0.15) is 0 Å². The number of pyridine rings is 1. The van der Waals surface area contributed by atoms with Crippen molar-refractivity contribution in [2.45, 2.75) is 44.8 Å². The Morgan fingerprint density at radius 3 is 2.07 bits per heavy atom. The molecule has 0 atom stereocenters. The number of thiol groups is 1. The van der Waals surface area contributed by atoms with Gasteiger partial charge in [-0.15, -0.1) is 0 Å². The quantitative estimate of drug-likeness (QED) is 0.698. The van der Waals surface area contributed by atoms with Crippen molar-refractivity contribution in [3.05, 3.63) is 29.6 Å². The number of aromatic nitrogens is 1. The van der Waals surface area contributed by atoms with E-state index in [4.69, 9.17) is 0 Å². The molecule has 0 aliphatic heterocycles. The molecule has 0 spiro atoms. The lowest BCUT2D eigenvalue weighted by atomic mass is 9.83. The zero-order chi connectivity index (χ0) is 11.0. The monoisotopic (exact) mass is 209 g/mol. The maximum Gasteiger partial charge on any atom is 0.0593 e. The second-order valence-electron chi connectivity index (χ2n) is 5.21. The zero-order valence-corrected chi connectivity index (χ0v) is 10.5. The lowest BCUT2D eigenvalue weighted by Gasteiger charge is -2.27. The molecule has 2 heteroatoms. The predicted molar refractivity (Wildman–Crippen MR) is 64.9 cm³/mol. The van der Waals surface area contributed by atoms with Crippen LogP contribution in [0.25, 0.3) is 0 Å². The van der Waals surface area contributed by atoms with E-state index in [1.54, 1.807) is 0 Å². The summed E-state index contributed by atoms with van der Waals surface area (Å²) < 4.78 is -0.177. The molecule has 0 aromatic carbocycles. The second-order valence-corrected chi connectivity index (χ2v) is 6.33. The summed E-state index contributed by atoms with van der Waals surface area (Å²) in [5.74, 6) is 0. The van der Waals surface area contributed by atoms with Crippen LogP contribution in [0.2, 0.25) is 0 Å². The first-order valence-corrected chi connectivity index (χ1v) is 5.36. The standard InChI is InChI=1S/C12H19NS/c1-11(2,3)9-7-6-8-13-10(9)12(4,5)14/h6-8,14H,1-5H3. The molecule has 1 heterocycles. The maximum atomic E-state index is 4.58. The van der Waals surface area contributed by atoms with Crippen molar-refractivity contribution in [3.8, 4) is 0 Å². The smallest absolute Gasteiger partial charge is 0.0593 e. The molecular formula is C12H19NS. The molecule has 0 fully saturated rings. The highest BCUT2D eigenvalue weighted by atomic mass is 32.1. The van der Waals surface area contributed by atoms with Gasteiger partial charge in [0.15, 0.2) is 0 Å². The number of nitrogens with zero attached hydrogens (tertiary/aromatic N) is 1. The van der Waals surface area contributed by atoms with Crippen LogP contribution in [-0.4, -0.2) is 4.98 Å². The Hall–Kier alpha value is -0.500. The second kappa shape index (κ2) is 3.58. The first kappa shape index (κ1) is 11.6. The van der Waals surface area contributed by atoms with Crippen molar-refractivity contribution in [2.24, 2.45) is 0 Å². The van der Waals surface area contributed by atoms with Gasteiger partial charge in [0, 0.05) is 10.9 Å². The fourth-order valence-corrected chi connectivity index (χ4v) is 1.68. The van der Waals surface area contributed by atoms with Gasteiger partial charge in [0.2, 0.25) is 0 Å².